The van der Waals surface area contributed by atoms with Crippen LogP contribution in [0, 0.1) is 0 Å². The zero-order valence-electron chi connectivity index (χ0n) is 24.1. The van der Waals surface area contributed by atoms with Crippen molar-refractivity contribution in [2.24, 2.45) is 0 Å². The molecule has 2 amide bonds. The molecular formula is C33H27F3N6O3. The van der Waals surface area contributed by atoms with E-state index in [2.05, 4.69) is 15.4 Å². The predicted octanol–water partition coefficient (Wildman–Crippen LogP) is 6.19. The Morgan fingerprint density at radius 1 is 0.956 bits per heavy atom. The molecule has 12 heteroatoms. The smallest absolute Gasteiger partial charge is 0.451 e. The number of hydrazine groups is 1. The Labute approximate surface area is 256 Å². The van der Waals surface area contributed by atoms with E-state index in [-0.39, 0.29) is 24.3 Å². The molecular weight excluding hydrogens is 585 g/mol. The molecule has 0 saturated carbocycles. The van der Waals surface area contributed by atoms with Gasteiger partial charge >= 0.3 is 12.3 Å². The highest BCUT2D eigenvalue weighted by molar-refractivity contribution is 6.10. The summed E-state index contributed by atoms with van der Waals surface area (Å²) in [6.45, 7) is 0.767. The maximum atomic E-state index is 14.3. The monoisotopic (exact) mass is 612 g/mol. The van der Waals surface area contributed by atoms with Crippen LogP contribution in [0.15, 0.2) is 91.1 Å². The fourth-order valence-electron chi connectivity index (χ4n) is 5.39. The maximum absolute atomic E-state index is 14.3. The second kappa shape index (κ2) is 12.3. The number of pyridine rings is 1. The van der Waals surface area contributed by atoms with Crippen molar-refractivity contribution in [2.75, 3.05) is 18.7 Å². The molecule has 9 nitrogen and oxygen atoms in total. The largest absolute Gasteiger partial charge is 0.451 e. The van der Waals surface area contributed by atoms with Gasteiger partial charge in [-0.2, -0.15) is 18.2 Å². The molecule has 3 heterocycles. The Kier molecular flexibility index (Phi) is 8.14. The molecule has 0 saturated heterocycles. The van der Waals surface area contributed by atoms with Crippen molar-refractivity contribution in [1.82, 2.24) is 25.3 Å². The first-order valence-electron chi connectivity index (χ1n) is 14.1. The van der Waals surface area contributed by atoms with E-state index < -0.39 is 24.0 Å². The van der Waals surface area contributed by atoms with Crippen molar-refractivity contribution >= 4 is 28.6 Å². The Bertz CT molecular complexity index is 1870. The van der Waals surface area contributed by atoms with Crippen LogP contribution < -0.4 is 10.4 Å². The van der Waals surface area contributed by atoms with Gasteiger partial charge in [-0.3, -0.25) is 15.1 Å². The van der Waals surface area contributed by atoms with E-state index in [1.54, 1.807) is 48.5 Å². The minimum absolute atomic E-state index is 0.112. The normalized spacial score (nSPS) is 13.2. The van der Waals surface area contributed by atoms with Crippen LogP contribution in [0.25, 0.3) is 22.2 Å². The Morgan fingerprint density at radius 2 is 1.64 bits per heavy atom. The first kappa shape index (κ1) is 29.7. The number of carbonyl (C=O) groups excluding carboxylic acids is 2. The van der Waals surface area contributed by atoms with Crippen LogP contribution in [0.3, 0.4) is 0 Å². The number of carbonyl (C=O) groups is 2. The number of amides is 2. The Hall–Kier alpha value is -5.36. The lowest BCUT2D eigenvalue weighted by Gasteiger charge is -2.30. The van der Waals surface area contributed by atoms with Gasteiger partial charge in [0.25, 0.3) is 5.91 Å². The number of alkyl halides is 3. The lowest BCUT2D eigenvalue weighted by molar-refractivity contribution is -0.145. The van der Waals surface area contributed by atoms with Gasteiger partial charge in [0, 0.05) is 42.3 Å². The number of hydrogen-bond donors (Lipinski definition) is 1. The topological polar surface area (TPSA) is 101 Å². The first-order chi connectivity index (χ1) is 21.7. The quantitative estimate of drug-likeness (QED) is 0.237. The van der Waals surface area contributed by atoms with Crippen LogP contribution in [-0.4, -0.2) is 45.5 Å². The van der Waals surface area contributed by atoms with Crippen LogP contribution in [0.4, 0.5) is 23.7 Å². The average Bonchev–Trinajstić information content (AvgIpc) is 3.06. The molecule has 0 fully saturated rings. The molecule has 3 aromatic carbocycles. The van der Waals surface area contributed by atoms with Crippen molar-refractivity contribution < 1.29 is 27.5 Å². The number of nitrogens with one attached hydrogen (secondary N) is 1. The summed E-state index contributed by atoms with van der Waals surface area (Å²) in [4.78, 5) is 41.4. The fourth-order valence-corrected chi connectivity index (χ4v) is 5.39. The molecule has 5 aromatic rings. The predicted molar refractivity (Wildman–Crippen MR) is 161 cm³/mol. The lowest BCUT2D eigenvalue weighted by Crippen LogP contribution is -2.47. The van der Waals surface area contributed by atoms with Gasteiger partial charge in [0.05, 0.1) is 35.3 Å². The molecule has 0 aliphatic carbocycles. The summed E-state index contributed by atoms with van der Waals surface area (Å²) < 4.78 is 45.2. The number of fused-ring (bicyclic) bond motifs is 2. The summed E-state index contributed by atoms with van der Waals surface area (Å²) in [5.41, 5.74) is 6.69. The fraction of sp³-hybridized carbons (Fsp3) is 0.182. The van der Waals surface area contributed by atoms with E-state index in [4.69, 9.17) is 9.72 Å². The molecule has 6 rings (SSSR count). The molecule has 1 aliphatic rings. The number of ether oxygens (including phenoxy) is 1. The van der Waals surface area contributed by atoms with E-state index in [9.17, 15) is 22.8 Å². The van der Waals surface area contributed by atoms with Crippen molar-refractivity contribution in [3.63, 3.8) is 0 Å². The number of methoxy groups -OCH3 is 1. The summed E-state index contributed by atoms with van der Waals surface area (Å²) in [6, 6.07) is 25.0. The summed E-state index contributed by atoms with van der Waals surface area (Å²) >= 11 is 0. The van der Waals surface area contributed by atoms with E-state index in [1.165, 1.54) is 13.3 Å². The first-order valence-corrected chi connectivity index (χ1v) is 14.1. The summed E-state index contributed by atoms with van der Waals surface area (Å²) in [7, 11) is 1.22. The maximum Gasteiger partial charge on any atom is 0.451 e. The molecule has 1 N–H and O–H groups in total. The van der Waals surface area contributed by atoms with Crippen molar-refractivity contribution in [1.29, 1.82) is 0 Å². The Morgan fingerprint density at radius 3 is 2.36 bits per heavy atom. The summed E-state index contributed by atoms with van der Waals surface area (Å²) in [5.74, 6) is -1.78. The number of halogens is 3. The zero-order chi connectivity index (χ0) is 31.6. The van der Waals surface area contributed by atoms with E-state index in [1.807, 2.05) is 41.3 Å². The third kappa shape index (κ3) is 6.18. The Balaban J connectivity index is 1.47. The molecule has 1 aliphatic heterocycles. The van der Waals surface area contributed by atoms with Crippen LogP contribution in [0.5, 0.6) is 0 Å². The van der Waals surface area contributed by atoms with Gasteiger partial charge in [-0.15, -0.1) is 0 Å². The minimum atomic E-state index is -4.67. The summed E-state index contributed by atoms with van der Waals surface area (Å²) in [5, 5.41) is 1.57. The molecule has 45 heavy (non-hydrogen) atoms. The molecule has 0 radical (unpaired) electrons. The summed E-state index contributed by atoms with van der Waals surface area (Å²) in [6.07, 6.45) is -3.80. The third-order valence-corrected chi connectivity index (χ3v) is 7.51. The average molecular weight is 613 g/mol. The van der Waals surface area contributed by atoms with Gasteiger partial charge in [-0.05, 0) is 30.2 Å². The lowest BCUT2D eigenvalue weighted by atomic mass is 9.95. The van der Waals surface area contributed by atoms with Gasteiger partial charge in [0.2, 0.25) is 5.82 Å². The van der Waals surface area contributed by atoms with Crippen LogP contribution in [0.2, 0.25) is 0 Å². The zero-order valence-corrected chi connectivity index (χ0v) is 24.1. The van der Waals surface area contributed by atoms with Crippen molar-refractivity contribution in [3.8, 4) is 11.3 Å². The number of benzene rings is 3. The number of anilines is 1. The molecule has 0 atom stereocenters. The van der Waals surface area contributed by atoms with E-state index in [0.717, 1.165) is 10.6 Å². The molecule has 0 spiro atoms. The highest BCUT2D eigenvalue weighted by Crippen LogP contribution is 2.33. The van der Waals surface area contributed by atoms with Gasteiger partial charge in [0.15, 0.2) is 0 Å². The second-order valence-corrected chi connectivity index (χ2v) is 10.4. The van der Waals surface area contributed by atoms with E-state index in [0.29, 0.717) is 46.4 Å². The van der Waals surface area contributed by atoms with Gasteiger partial charge in [-0.25, -0.2) is 19.7 Å². The van der Waals surface area contributed by atoms with Crippen LogP contribution in [0.1, 0.15) is 33.0 Å². The second-order valence-electron chi connectivity index (χ2n) is 10.4. The van der Waals surface area contributed by atoms with E-state index >= 15 is 0 Å². The highest BCUT2D eigenvalue weighted by atomic mass is 19.4. The number of aromatic nitrogens is 3. The molecule has 228 valence electrons. The number of para-hydroxylation sites is 2. The third-order valence-electron chi connectivity index (χ3n) is 7.51. The van der Waals surface area contributed by atoms with Gasteiger partial charge in [-0.1, -0.05) is 66.7 Å². The van der Waals surface area contributed by atoms with Gasteiger partial charge < -0.3 is 4.74 Å². The van der Waals surface area contributed by atoms with Crippen LogP contribution >= 0.6 is 0 Å². The standard InChI is InChI=1S/C33H27F3N6O3/c1-45-32(44)42(23-12-6-3-7-13-23)40-30(43)28-24-14-8-9-15-26(24)38-29(21-10-4-2-5-11-21)25(28)19-41-17-16-22-18-37-31(33(34,35)36)39-27(22)20-41/h2-15,18H,16-17,19-20H2,1H3,(H,40,43). The van der Waals surface area contributed by atoms with Crippen molar-refractivity contribution in [3.05, 3.63) is 119 Å². The van der Waals surface area contributed by atoms with Crippen molar-refractivity contribution in [2.45, 2.75) is 25.7 Å². The molecule has 0 unspecified atom stereocenters. The number of hydrogen-bond acceptors (Lipinski definition) is 7. The highest BCUT2D eigenvalue weighted by Gasteiger charge is 2.36. The number of rotatable bonds is 5. The minimum Gasteiger partial charge on any atom is -0.451 e. The molecule has 0 bridgehead atoms. The number of nitrogens with zero attached hydrogens (tertiary/aromatic N) is 5. The molecule has 2 aromatic heterocycles. The van der Waals surface area contributed by atoms with Gasteiger partial charge in [0.1, 0.15) is 0 Å². The van der Waals surface area contributed by atoms with Crippen LogP contribution in [-0.2, 0) is 30.4 Å². The SMILES string of the molecule is COC(=O)N(NC(=O)c1c(CN2CCc3cnc(C(F)(F)F)nc3C2)c(-c2ccccc2)nc2ccccc12)c1ccccc1.